The summed E-state index contributed by atoms with van der Waals surface area (Å²) in [5.74, 6) is -0.305. The molecule has 0 aliphatic carbocycles. The molecule has 1 aromatic carbocycles. The topological polar surface area (TPSA) is 75.4 Å². The predicted molar refractivity (Wildman–Crippen MR) is 95.5 cm³/mol. The van der Waals surface area contributed by atoms with E-state index in [1.165, 1.54) is 5.56 Å². The van der Waals surface area contributed by atoms with E-state index in [9.17, 15) is 9.59 Å². The molecule has 0 aliphatic rings. The number of nitrogens with two attached hydrogens (primary N) is 1. The van der Waals surface area contributed by atoms with Gasteiger partial charge in [0.15, 0.2) is 0 Å². The zero-order valence-corrected chi connectivity index (χ0v) is 14.9. The maximum atomic E-state index is 12.2. The van der Waals surface area contributed by atoms with Crippen LogP contribution in [0.3, 0.4) is 0 Å². The van der Waals surface area contributed by atoms with E-state index in [4.69, 9.17) is 5.73 Å². The van der Waals surface area contributed by atoms with Crippen LogP contribution in [0.2, 0.25) is 0 Å². The predicted octanol–water partition coefficient (Wildman–Crippen LogP) is 1.60. The van der Waals surface area contributed by atoms with Crippen molar-refractivity contribution in [2.45, 2.75) is 33.2 Å². The van der Waals surface area contributed by atoms with Crippen LogP contribution in [0.15, 0.2) is 30.3 Å². The van der Waals surface area contributed by atoms with E-state index >= 15 is 0 Å². The number of carbonyl (C=O) groups is 2. The average Bonchev–Trinajstić information content (AvgIpc) is 2.53. The largest absolute Gasteiger partial charge is 0.346 e. The van der Waals surface area contributed by atoms with Crippen LogP contribution >= 0.6 is 12.4 Å². The van der Waals surface area contributed by atoms with E-state index in [2.05, 4.69) is 5.32 Å². The quantitative estimate of drug-likeness (QED) is 0.754. The van der Waals surface area contributed by atoms with Crippen LogP contribution < -0.4 is 11.1 Å². The Morgan fingerprint density at radius 2 is 1.83 bits per heavy atom. The summed E-state index contributed by atoms with van der Waals surface area (Å²) in [4.78, 5) is 25.7. The highest BCUT2D eigenvalue weighted by Gasteiger charge is 2.19. The average molecular weight is 342 g/mol. The molecule has 1 atom stereocenters. The van der Waals surface area contributed by atoms with Gasteiger partial charge in [-0.25, -0.2) is 0 Å². The molecule has 6 heteroatoms. The van der Waals surface area contributed by atoms with Crippen LogP contribution in [0.25, 0.3) is 0 Å². The highest BCUT2D eigenvalue weighted by atomic mass is 35.5. The van der Waals surface area contributed by atoms with Gasteiger partial charge in [0.05, 0.1) is 12.6 Å². The lowest BCUT2D eigenvalue weighted by molar-refractivity contribution is -0.133. The Kier molecular flexibility index (Phi) is 10.3. The standard InChI is InChI=1S/C17H27N3O2.ClH/c1-4-20(11-10-14-8-6-5-7-9-14)15(21)12-19-17(22)16(18)13(2)3;/h5-9,13,16H,4,10-12,18H2,1-3H3,(H,19,22);1H/t16-;/m0./s1. The minimum atomic E-state index is -0.577. The van der Waals surface area contributed by atoms with Gasteiger partial charge in [0.1, 0.15) is 0 Å². The van der Waals surface area contributed by atoms with Crippen molar-refractivity contribution in [2.24, 2.45) is 11.7 Å². The molecule has 130 valence electrons. The molecule has 0 unspecified atom stereocenters. The van der Waals surface area contributed by atoms with Gasteiger partial charge in [-0.1, -0.05) is 44.2 Å². The van der Waals surface area contributed by atoms with Crippen LogP contribution in [0.5, 0.6) is 0 Å². The Balaban J connectivity index is 0.00000484. The SMILES string of the molecule is CCN(CCc1ccccc1)C(=O)CNC(=O)[C@@H](N)C(C)C.Cl. The molecule has 0 heterocycles. The molecule has 1 aromatic rings. The first-order valence-electron chi connectivity index (χ1n) is 7.80. The number of rotatable bonds is 8. The molecule has 0 spiro atoms. The maximum absolute atomic E-state index is 12.2. The van der Waals surface area contributed by atoms with Gasteiger partial charge in [0.25, 0.3) is 0 Å². The molecule has 0 aliphatic heterocycles. The monoisotopic (exact) mass is 341 g/mol. The van der Waals surface area contributed by atoms with E-state index in [1.54, 1.807) is 4.90 Å². The molecule has 2 amide bonds. The molecule has 0 fully saturated rings. The van der Waals surface area contributed by atoms with Crippen molar-refractivity contribution >= 4 is 24.2 Å². The maximum Gasteiger partial charge on any atom is 0.241 e. The minimum absolute atomic E-state index is 0. The summed E-state index contributed by atoms with van der Waals surface area (Å²) in [6.45, 7) is 6.96. The van der Waals surface area contributed by atoms with Crippen LogP contribution in [0, 0.1) is 5.92 Å². The van der Waals surface area contributed by atoms with E-state index in [0.717, 1.165) is 6.42 Å². The fraction of sp³-hybridized carbons (Fsp3) is 0.529. The lowest BCUT2D eigenvalue weighted by Gasteiger charge is -2.22. The zero-order chi connectivity index (χ0) is 16.5. The summed E-state index contributed by atoms with van der Waals surface area (Å²) in [5.41, 5.74) is 6.95. The molecule has 3 N–H and O–H groups in total. The van der Waals surface area contributed by atoms with Crippen molar-refractivity contribution in [1.29, 1.82) is 0 Å². The number of carbonyl (C=O) groups excluding carboxylic acids is 2. The molecule has 0 aromatic heterocycles. The van der Waals surface area contributed by atoms with Gasteiger partial charge in [0, 0.05) is 13.1 Å². The second-order valence-corrected chi connectivity index (χ2v) is 5.70. The number of nitrogens with one attached hydrogen (secondary N) is 1. The number of benzene rings is 1. The number of amides is 2. The van der Waals surface area contributed by atoms with Crippen molar-refractivity contribution in [3.05, 3.63) is 35.9 Å². The highest BCUT2D eigenvalue weighted by Crippen LogP contribution is 2.02. The van der Waals surface area contributed by atoms with Gasteiger partial charge in [-0.15, -0.1) is 12.4 Å². The second-order valence-electron chi connectivity index (χ2n) is 5.70. The first-order valence-corrected chi connectivity index (χ1v) is 7.80. The van der Waals surface area contributed by atoms with Crippen LogP contribution in [-0.4, -0.2) is 42.4 Å². The highest BCUT2D eigenvalue weighted by molar-refractivity contribution is 5.87. The third-order valence-corrected chi connectivity index (χ3v) is 3.68. The van der Waals surface area contributed by atoms with Crippen molar-refractivity contribution in [3.8, 4) is 0 Å². The van der Waals surface area contributed by atoms with Crippen molar-refractivity contribution < 1.29 is 9.59 Å². The lowest BCUT2D eigenvalue weighted by Crippen LogP contribution is -2.48. The van der Waals surface area contributed by atoms with Gasteiger partial charge in [0.2, 0.25) is 11.8 Å². The van der Waals surface area contributed by atoms with Gasteiger partial charge >= 0.3 is 0 Å². The number of likely N-dealkylation sites (N-methyl/N-ethyl adjacent to an activating group) is 1. The molecule has 5 nitrogen and oxygen atoms in total. The Labute approximate surface area is 145 Å². The van der Waals surface area contributed by atoms with Gasteiger partial charge in [-0.2, -0.15) is 0 Å². The summed E-state index contributed by atoms with van der Waals surface area (Å²) in [5, 5.41) is 2.62. The first-order chi connectivity index (χ1) is 10.5. The molecule has 0 saturated heterocycles. The Morgan fingerprint density at radius 3 is 2.35 bits per heavy atom. The molecule has 0 saturated carbocycles. The number of nitrogens with zero attached hydrogens (tertiary/aromatic N) is 1. The summed E-state index contributed by atoms with van der Waals surface area (Å²) in [6, 6.07) is 9.46. The molecule has 23 heavy (non-hydrogen) atoms. The lowest BCUT2D eigenvalue weighted by atomic mass is 10.1. The van der Waals surface area contributed by atoms with E-state index in [1.807, 2.05) is 51.1 Å². The molecular formula is C17H28ClN3O2. The van der Waals surface area contributed by atoms with Crippen LogP contribution in [0.1, 0.15) is 26.3 Å². The minimum Gasteiger partial charge on any atom is -0.346 e. The van der Waals surface area contributed by atoms with Crippen molar-refractivity contribution in [1.82, 2.24) is 10.2 Å². The Bertz CT molecular complexity index is 480. The smallest absolute Gasteiger partial charge is 0.241 e. The first kappa shape index (κ1) is 21.4. The van der Waals surface area contributed by atoms with Crippen LogP contribution in [0.4, 0.5) is 0 Å². The third kappa shape index (κ3) is 7.48. The molecule has 1 rings (SSSR count). The number of hydrogen-bond acceptors (Lipinski definition) is 3. The Hall–Kier alpha value is -1.59. The van der Waals surface area contributed by atoms with Gasteiger partial charge < -0.3 is 16.0 Å². The van der Waals surface area contributed by atoms with Crippen LogP contribution in [-0.2, 0) is 16.0 Å². The summed E-state index contributed by atoms with van der Waals surface area (Å²) in [7, 11) is 0. The summed E-state index contributed by atoms with van der Waals surface area (Å²) >= 11 is 0. The van der Waals surface area contributed by atoms with Crippen molar-refractivity contribution in [3.63, 3.8) is 0 Å². The van der Waals surface area contributed by atoms with Gasteiger partial charge in [-0.05, 0) is 24.8 Å². The van der Waals surface area contributed by atoms with E-state index in [0.29, 0.717) is 13.1 Å². The molecule has 0 radical (unpaired) electrons. The number of halogens is 1. The van der Waals surface area contributed by atoms with E-state index < -0.39 is 6.04 Å². The normalized spacial score (nSPS) is 11.5. The fourth-order valence-corrected chi connectivity index (χ4v) is 2.06. The second kappa shape index (κ2) is 11.0. The number of hydrogen-bond donors (Lipinski definition) is 2. The summed E-state index contributed by atoms with van der Waals surface area (Å²) in [6.07, 6.45) is 0.805. The van der Waals surface area contributed by atoms with Crippen molar-refractivity contribution in [2.75, 3.05) is 19.6 Å². The summed E-state index contributed by atoms with van der Waals surface area (Å²) < 4.78 is 0. The zero-order valence-electron chi connectivity index (χ0n) is 14.1. The third-order valence-electron chi connectivity index (χ3n) is 3.68. The molecule has 0 bridgehead atoms. The molecular weight excluding hydrogens is 314 g/mol. The van der Waals surface area contributed by atoms with E-state index in [-0.39, 0.29) is 36.7 Å². The fourth-order valence-electron chi connectivity index (χ4n) is 2.06. The Morgan fingerprint density at radius 1 is 1.22 bits per heavy atom. The van der Waals surface area contributed by atoms with Gasteiger partial charge in [-0.3, -0.25) is 9.59 Å².